The maximum absolute atomic E-state index is 13.4. The van der Waals surface area contributed by atoms with Gasteiger partial charge in [0.1, 0.15) is 29.5 Å². The summed E-state index contributed by atoms with van der Waals surface area (Å²) in [6.45, 7) is 1.89. The van der Waals surface area contributed by atoms with E-state index in [1.165, 1.54) is 6.07 Å². The van der Waals surface area contributed by atoms with E-state index in [0.29, 0.717) is 57.2 Å². The van der Waals surface area contributed by atoms with Crippen LogP contribution in [0, 0.1) is 11.3 Å². The second kappa shape index (κ2) is 10.4. The zero-order chi connectivity index (χ0) is 30.2. The molecule has 0 unspecified atom stereocenters. The number of benzene rings is 1. The molecule has 3 aromatic heterocycles. The Morgan fingerprint density at radius 1 is 1.14 bits per heavy atom. The summed E-state index contributed by atoms with van der Waals surface area (Å²) in [4.78, 5) is 22.4. The van der Waals surface area contributed by atoms with E-state index in [2.05, 4.69) is 32.2 Å². The number of hydrogen-bond acceptors (Lipinski definition) is 7. The van der Waals surface area contributed by atoms with Crippen molar-refractivity contribution >= 4 is 51.8 Å². The average molecular weight is 636 g/mol. The Labute approximate surface area is 262 Å². The predicted molar refractivity (Wildman–Crippen MR) is 165 cm³/mol. The maximum Gasteiger partial charge on any atom is 0.354 e. The van der Waals surface area contributed by atoms with Crippen LogP contribution in [0.2, 0.25) is 10.0 Å². The first-order chi connectivity index (χ1) is 21.2. The van der Waals surface area contributed by atoms with Crippen LogP contribution in [0.15, 0.2) is 47.3 Å². The standard InChI is InChI=1S/C33H29Cl2FN4O4/c34-24-13-37-14-25(35)29(24)30-22(31(44-39-30)18-2-3-18)5-1-17-11-33(12-17)15-40(16-33)20-4-6-26-23(9-20)28(10-27(38-26)32(41)42)43-21-7-19(36)8-21/h1,4-6,9-10,13-14,17-19,21H,2-3,7-8,11-12,15-16H2,(H,41,42)/b5-1+/t19-,21-. The fourth-order valence-electron chi connectivity index (χ4n) is 6.92. The highest BCUT2D eigenvalue weighted by atomic mass is 35.5. The molecule has 1 saturated heterocycles. The van der Waals surface area contributed by atoms with Crippen LogP contribution >= 0.6 is 23.2 Å². The summed E-state index contributed by atoms with van der Waals surface area (Å²) in [5.74, 6) is 1.06. The SMILES string of the molecule is O=C(O)c1cc(O[C@H]2C[C@H](F)C2)c2cc(N3CC4(CC(/C=C/c5c(-c6c(Cl)cncc6Cl)noc5C5CC5)C4)C3)ccc2n1. The van der Waals surface area contributed by atoms with Crippen molar-refractivity contribution < 1.29 is 23.6 Å². The number of nitrogens with zero attached hydrogens (tertiary/aromatic N) is 4. The molecule has 1 spiro atoms. The Morgan fingerprint density at radius 3 is 2.57 bits per heavy atom. The smallest absolute Gasteiger partial charge is 0.354 e. The van der Waals surface area contributed by atoms with Crippen LogP contribution in [-0.4, -0.2) is 51.6 Å². The Bertz CT molecular complexity index is 1800. The van der Waals surface area contributed by atoms with Crippen LogP contribution in [0.25, 0.3) is 28.2 Å². The minimum absolute atomic E-state index is 0.0811. The predicted octanol–water partition coefficient (Wildman–Crippen LogP) is 7.98. The molecule has 226 valence electrons. The van der Waals surface area contributed by atoms with Crippen molar-refractivity contribution in [1.82, 2.24) is 15.1 Å². The van der Waals surface area contributed by atoms with E-state index >= 15 is 0 Å². The first kappa shape index (κ1) is 27.8. The Kier molecular flexibility index (Phi) is 6.61. The lowest BCUT2D eigenvalue weighted by molar-refractivity contribution is 0.0417. The largest absolute Gasteiger partial charge is 0.489 e. The Morgan fingerprint density at radius 2 is 1.89 bits per heavy atom. The molecule has 0 bridgehead atoms. The summed E-state index contributed by atoms with van der Waals surface area (Å²) in [6, 6.07) is 7.29. The number of pyridine rings is 2. The average Bonchev–Trinajstić information content (AvgIpc) is 3.70. The second-order valence-corrected chi connectivity index (χ2v) is 13.6. The zero-order valence-corrected chi connectivity index (χ0v) is 25.2. The van der Waals surface area contributed by atoms with Gasteiger partial charge in [-0.05, 0) is 49.8 Å². The highest BCUT2D eigenvalue weighted by Gasteiger charge is 2.51. The lowest BCUT2D eigenvalue weighted by Gasteiger charge is -2.59. The number of carbonyl (C=O) groups is 1. The number of halogens is 3. The van der Waals surface area contributed by atoms with Gasteiger partial charge >= 0.3 is 5.97 Å². The molecule has 44 heavy (non-hydrogen) atoms. The van der Waals surface area contributed by atoms with Crippen LogP contribution in [0.5, 0.6) is 5.75 Å². The van der Waals surface area contributed by atoms with E-state index < -0.39 is 12.1 Å². The molecule has 1 N–H and O–H groups in total. The van der Waals surface area contributed by atoms with E-state index in [1.807, 2.05) is 18.2 Å². The van der Waals surface area contributed by atoms with Gasteiger partial charge in [0.25, 0.3) is 0 Å². The number of carboxylic acid groups (broad SMARTS) is 1. The van der Waals surface area contributed by atoms with Crippen molar-refractivity contribution in [2.75, 3.05) is 18.0 Å². The first-order valence-corrected chi connectivity index (χ1v) is 15.7. The number of ether oxygens (including phenoxy) is 1. The summed E-state index contributed by atoms with van der Waals surface area (Å²) in [7, 11) is 0. The van der Waals surface area contributed by atoms with Crippen molar-refractivity contribution in [2.24, 2.45) is 11.3 Å². The number of aromatic carboxylic acids is 1. The Balaban J connectivity index is 0.968. The molecule has 1 aromatic carbocycles. The summed E-state index contributed by atoms with van der Waals surface area (Å²) in [5.41, 5.74) is 4.05. The fraction of sp³-hybridized carbons (Fsp3) is 0.394. The molecule has 0 amide bonds. The number of carboxylic acids is 1. The zero-order valence-electron chi connectivity index (χ0n) is 23.7. The molecule has 1 aliphatic heterocycles. The lowest BCUT2D eigenvalue weighted by Crippen LogP contribution is -2.62. The quantitative estimate of drug-likeness (QED) is 0.208. The lowest BCUT2D eigenvalue weighted by atomic mass is 9.57. The van der Waals surface area contributed by atoms with E-state index in [1.54, 1.807) is 12.4 Å². The van der Waals surface area contributed by atoms with Crippen molar-refractivity contribution in [3.8, 4) is 17.0 Å². The molecule has 0 radical (unpaired) electrons. The van der Waals surface area contributed by atoms with Crippen LogP contribution in [0.1, 0.15) is 66.3 Å². The summed E-state index contributed by atoms with van der Waals surface area (Å²) < 4.78 is 25.3. The third kappa shape index (κ3) is 4.90. The van der Waals surface area contributed by atoms with Crippen LogP contribution < -0.4 is 9.64 Å². The number of anilines is 1. The Hall–Kier alpha value is -3.69. The van der Waals surface area contributed by atoms with Gasteiger partial charge in [0, 0.05) is 77.9 Å². The van der Waals surface area contributed by atoms with E-state index in [-0.39, 0.29) is 17.2 Å². The summed E-state index contributed by atoms with van der Waals surface area (Å²) in [5, 5.41) is 15.5. The van der Waals surface area contributed by atoms with Gasteiger partial charge in [-0.25, -0.2) is 14.2 Å². The summed E-state index contributed by atoms with van der Waals surface area (Å²) >= 11 is 12.9. The first-order valence-electron chi connectivity index (χ1n) is 15.0. The summed E-state index contributed by atoms with van der Waals surface area (Å²) in [6.07, 6.45) is 11.4. The molecular weight excluding hydrogens is 606 g/mol. The van der Waals surface area contributed by atoms with Crippen molar-refractivity contribution in [3.05, 3.63) is 69.8 Å². The van der Waals surface area contributed by atoms with Gasteiger partial charge in [-0.15, -0.1) is 0 Å². The molecule has 11 heteroatoms. The monoisotopic (exact) mass is 634 g/mol. The molecule has 4 aliphatic rings. The van der Waals surface area contributed by atoms with E-state index in [0.717, 1.165) is 61.2 Å². The number of fused-ring (bicyclic) bond motifs is 1. The number of hydrogen-bond donors (Lipinski definition) is 1. The van der Waals surface area contributed by atoms with Crippen LogP contribution in [0.4, 0.5) is 10.1 Å². The van der Waals surface area contributed by atoms with Crippen LogP contribution in [0.3, 0.4) is 0 Å². The van der Waals surface area contributed by atoms with E-state index in [4.69, 9.17) is 32.5 Å². The number of allylic oxidation sites excluding steroid dienone is 1. The molecule has 4 fully saturated rings. The van der Waals surface area contributed by atoms with Gasteiger partial charge in [-0.1, -0.05) is 40.5 Å². The molecule has 4 heterocycles. The number of aromatic nitrogens is 3. The van der Waals surface area contributed by atoms with Gasteiger partial charge in [-0.3, -0.25) is 4.98 Å². The second-order valence-electron chi connectivity index (χ2n) is 12.8. The molecule has 0 atom stereocenters. The molecular formula is C33H29Cl2FN4O4. The van der Waals surface area contributed by atoms with Crippen molar-refractivity contribution in [1.29, 1.82) is 0 Å². The van der Waals surface area contributed by atoms with Gasteiger partial charge in [0.05, 0.1) is 15.6 Å². The minimum atomic E-state index is -1.12. The van der Waals surface area contributed by atoms with Gasteiger partial charge in [-0.2, -0.15) is 0 Å². The third-order valence-corrected chi connectivity index (χ3v) is 10.0. The molecule has 4 aromatic rings. The highest BCUT2D eigenvalue weighted by Crippen LogP contribution is 2.54. The molecule has 8 nitrogen and oxygen atoms in total. The molecule has 3 saturated carbocycles. The van der Waals surface area contributed by atoms with Gasteiger partial charge in [0.15, 0.2) is 5.69 Å². The fourth-order valence-corrected chi connectivity index (χ4v) is 7.46. The third-order valence-electron chi connectivity index (χ3n) is 9.44. The highest BCUT2D eigenvalue weighted by molar-refractivity contribution is 6.39. The molecule has 3 aliphatic carbocycles. The minimum Gasteiger partial charge on any atom is -0.489 e. The van der Waals surface area contributed by atoms with Crippen LogP contribution in [-0.2, 0) is 0 Å². The number of alkyl halides is 1. The van der Waals surface area contributed by atoms with Crippen molar-refractivity contribution in [2.45, 2.75) is 56.7 Å². The maximum atomic E-state index is 13.4. The van der Waals surface area contributed by atoms with Gasteiger partial charge in [0.2, 0.25) is 0 Å². The van der Waals surface area contributed by atoms with Crippen molar-refractivity contribution in [3.63, 3.8) is 0 Å². The normalized spacial score (nSPS) is 22.7. The number of rotatable bonds is 8. The van der Waals surface area contributed by atoms with Gasteiger partial charge < -0.3 is 19.3 Å². The van der Waals surface area contributed by atoms with E-state index in [9.17, 15) is 14.3 Å². The topological polar surface area (TPSA) is 102 Å². The molecule has 8 rings (SSSR count).